The van der Waals surface area contributed by atoms with E-state index in [-0.39, 0.29) is 24.8 Å². The molecule has 0 bridgehead atoms. The lowest BCUT2D eigenvalue weighted by Gasteiger charge is -2.32. The molecule has 3 aromatic rings. The summed E-state index contributed by atoms with van der Waals surface area (Å²) in [6.45, 7) is 8.92. The summed E-state index contributed by atoms with van der Waals surface area (Å²) in [6.07, 6.45) is -0.426. The molecule has 158 valence electrons. The summed E-state index contributed by atoms with van der Waals surface area (Å²) in [5.74, 6) is -0.268. The Morgan fingerprint density at radius 1 is 1.23 bits per heavy atom. The number of nitrogens with one attached hydrogen (secondary N) is 3. The van der Waals surface area contributed by atoms with E-state index in [2.05, 4.69) is 27.4 Å². The summed E-state index contributed by atoms with van der Waals surface area (Å²) in [5.41, 5.74) is 6.67. The van der Waals surface area contributed by atoms with Crippen molar-refractivity contribution in [2.24, 2.45) is 0 Å². The van der Waals surface area contributed by atoms with Crippen LogP contribution in [0.15, 0.2) is 18.2 Å². The Morgan fingerprint density at radius 2 is 2.03 bits per heavy atom. The Morgan fingerprint density at radius 3 is 2.77 bits per heavy atom. The van der Waals surface area contributed by atoms with Crippen molar-refractivity contribution in [3.8, 4) is 0 Å². The van der Waals surface area contributed by atoms with Gasteiger partial charge < -0.3 is 19.9 Å². The molecule has 1 aliphatic heterocycles. The number of amides is 2. The minimum atomic E-state index is -0.695. The van der Waals surface area contributed by atoms with Crippen LogP contribution in [0.5, 0.6) is 0 Å². The predicted octanol–water partition coefficient (Wildman–Crippen LogP) is 2.53. The zero-order valence-corrected chi connectivity index (χ0v) is 17.8. The number of carbonyl (C=O) groups excluding carboxylic acids is 2. The standard InChI is InChI=1S/C22H27N5O3/c1-12-13(2)23-19-6-5-16(9-17(12)19)24-22(29)20-11-27(7-8-30-20)21(28)10-18-14(3)25-26-15(18)4/h5-6,9,20,23H,7-8,10-11H2,1-4H3,(H,24,29)(H,25,26). The fourth-order valence-corrected chi connectivity index (χ4v) is 3.89. The molecule has 0 aliphatic carbocycles. The molecule has 0 radical (unpaired) electrons. The number of aromatic amines is 2. The Hall–Kier alpha value is -3.13. The van der Waals surface area contributed by atoms with Gasteiger partial charge in [-0.3, -0.25) is 14.7 Å². The van der Waals surface area contributed by atoms with Crippen LogP contribution in [0.25, 0.3) is 10.9 Å². The molecule has 1 saturated heterocycles. The summed E-state index contributed by atoms with van der Waals surface area (Å²) in [5, 5.41) is 11.1. The van der Waals surface area contributed by atoms with Crippen LogP contribution in [-0.4, -0.2) is 57.7 Å². The van der Waals surface area contributed by atoms with Crippen LogP contribution >= 0.6 is 0 Å². The number of H-pyrrole nitrogens is 2. The number of hydrogen-bond acceptors (Lipinski definition) is 4. The van der Waals surface area contributed by atoms with Gasteiger partial charge in [0, 0.05) is 40.1 Å². The summed E-state index contributed by atoms with van der Waals surface area (Å²) in [6, 6.07) is 5.78. The highest BCUT2D eigenvalue weighted by molar-refractivity contribution is 5.97. The first-order chi connectivity index (χ1) is 14.3. The van der Waals surface area contributed by atoms with Gasteiger partial charge in [0.25, 0.3) is 5.91 Å². The van der Waals surface area contributed by atoms with Gasteiger partial charge in [-0.05, 0) is 51.5 Å². The average Bonchev–Trinajstić information content (AvgIpc) is 3.20. The van der Waals surface area contributed by atoms with E-state index in [0.717, 1.165) is 39.1 Å². The number of aryl methyl sites for hydroxylation is 4. The summed E-state index contributed by atoms with van der Waals surface area (Å²) < 4.78 is 5.66. The molecule has 0 saturated carbocycles. The maximum absolute atomic E-state index is 12.8. The Kier molecular flexibility index (Phi) is 5.34. The molecule has 4 rings (SSSR count). The second kappa shape index (κ2) is 7.95. The van der Waals surface area contributed by atoms with E-state index in [1.54, 1.807) is 4.90 Å². The van der Waals surface area contributed by atoms with Gasteiger partial charge in [-0.15, -0.1) is 0 Å². The van der Waals surface area contributed by atoms with Crippen molar-refractivity contribution in [2.75, 3.05) is 25.0 Å². The summed E-state index contributed by atoms with van der Waals surface area (Å²) in [7, 11) is 0. The lowest BCUT2D eigenvalue weighted by Crippen LogP contribution is -2.50. The lowest BCUT2D eigenvalue weighted by molar-refractivity contribution is -0.144. The molecular formula is C22H27N5O3. The van der Waals surface area contributed by atoms with Crippen molar-refractivity contribution in [3.63, 3.8) is 0 Å². The van der Waals surface area contributed by atoms with Crippen molar-refractivity contribution in [1.29, 1.82) is 0 Å². The number of benzene rings is 1. The normalized spacial score (nSPS) is 16.8. The van der Waals surface area contributed by atoms with Crippen LogP contribution in [0.1, 0.15) is 28.2 Å². The van der Waals surface area contributed by atoms with Crippen molar-refractivity contribution in [3.05, 3.63) is 46.4 Å². The highest BCUT2D eigenvalue weighted by atomic mass is 16.5. The number of hydrogen-bond donors (Lipinski definition) is 3. The fraction of sp³-hybridized carbons (Fsp3) is 0.409. The predicted molar refractivity (Wildman–Crippen MR) is 114 cm³/mol. The first kappa shape index (κ1) is 20.2. The number of ether oxygens (including phenoxy) is 1. The van der Waals surface area contributed by atoms with Gasteiger partial charge in [-0.1, -0.05) is 0 Å². The first-order valence-corrected chi connectivity index (χ1v) is 10.1. The van der Waals surface area contributed by atoms with Gasteiger partial charge in [-0.25, -0.2) is 0 Å². The SMILES string of the molecule is Cc1n[nH]c(C)c1CC(=O)N1CCOC(C(=O)Nc2ccc3[nH]c(C)c(C)c3c2)C1. The zero-order valence-electron chi connectivity index (χ0n) is 17.8. The zero-order chi connectivity index (χ0) is 21.4. The van der Waals surface area contributed by atoms with Gasteiger partial charge in [-0.2, -0.15) is 5.10 Å². The number of fused-ring (bicyclic) bond motifs is 1. The fourth-order valence-electron chi connectivity index (χ4n) is 3.89. The number of carbonyl (C=O) groups is 2. The molecule has 1 atom stereocenters. The van der Waals surface area contributed by atoms with Crippen molar-refractivity contribution in [1.82, 2.24) is 20.1 Å². The number of anilines is 1. The lowest BCUT2D eigenvalue weighted by atomic mass is 10.1. The number of aromatic nitrogens is 3. The average molecular weight is 409 g/mol. The largest absolute Gasteiger partial charge is 0.365 e. The molecule has 30 heavy (non-hydrogen) atoms. The molecule has 1 aromatic carbocycles. The van der Waals surface area contributed by atoms with Crippen LogP contribution < -0.4 is 5.32 Å². The maximum atomic E-state index is 12.8. The monoisotopic (exact) mass is 409 g/mol. The van der Waals surface area contributed by atoms with Gasteiger partial charge >= 0.3 is 0 Å². The molecule has 8 heteroatoms. The number of nitrogens with zero attached hydrogens (tertiary/aromatic N) is 2. The van der Waals surface area contributed by atoms with Crippen molar-refractivity contribution in [2.45, 2.75) is 40.2 Å². The molecule has 3 N–H and O–H groups in total. The highest BCUT2D eigenvalue weighted by Gasteiger charge is 2.30. The van der Waals surface area contributed by atoms with E-state index in [1.807, 2.05) is 39.0 Å². The van der Waals surface area contributed by atoms with E-state index >= 15 is 0 Å². The molecule has 1 unspecified atom stereocenters. The first-order valence-electron chi connectivity index (χ1n) is 10.1. The minimum Gasteiger partial charge on any atom is -0.365 e. The van der Waals surface area contributed by atoms with Gasteiger partial charge in [0.2, 0.25) is 5.91 Å². The van der Waals surface area contributed by atoms with E-state index in [9.17, 15) is 9.59 Å². The number of morpholine rings is 1. The Balaban J connectivity index is 1.42. The number of rotatable bonds is 4. The van der Waals surface area contributed by atoms with Gasteiger partial charge in [0.05, 0.1) is 25.3 Å². The molecule has 8 nitrogen and oxygen atoms in total. The van der Waals surface area contributed by atoms with Gasteiger partial charge in [0.15, 0.2) is 6.10 Å². The molecule has 1 fully saturated rings. The topological polar surface area (TPSA) is 103 Å². The quantitative estimate of drug-likeness (QED) is 0.616. The third-order valence-electron chi connectivity index (χ3n) is 5.90. The third kappa shape index (κ3) is 3.82. The van der Waals surface area contributed by atoms with Crippen LogP contribution in [-0.2, 0) is 20.7 Å². The Bertz CT molecular complexity index is 1090. The van der Waals surface area contributed by atoms with E-state index < -0.39 is 6.10 Å². The molecule has 0 spiro atoms. The molecule has 3 heterocycles. The molecule has 2 amide bonds. The van der Waals surface area contributed by atoms with Crippen LogP contribution in [0, 0.1) is 27.7 Å². The van der Waals surface area contributed by atoms with E-state index in [4.69, 9.17) is 4.74 Å². The van der Waals surface area contributed by atoms with Crippen molar-refractivity contribution < 1.29 is 14.3 Å². The Labute approximate surface area is 175 Å². The molecule has 2 aromatic heterocycles. The van der Waals surface area contributed by atoms with Crippen LogP contribution in [0.3, 0.4) is 0 Å². The van der Waals surface area contributed by atoms with Gasteiger partial charge in [0.1, 0.15) is 0 Å². The van der Waals surface area contributed by atoms with Crippen LogP contribution in [0.4, 0.5) is 5.69 Å². The second-order valence-corrected chi connectivity index (χ2v) is 7.91. The molecular weight excluding hydrogens is 382 g/mol. The smallest absolute Gasteiger partial charge is 0.255 e. The second-order valence-electron chi connectivity index (χ2n) is 7.91. The molecule has 1 aliphatic rings. The maximum Gasteiger partial charge on any atom is 0.255 e. The summed E-state index contributed by atoms with van der Waals surface area (Å²) >= 11 is 0. The van der Waals surface area contributed by atoms with E-state index in [1.165, 1.54) is 0 Å². The van der Waals surface area contributed by atoms with E-state index in [0.29, 0.717) is 18.8 Å². The summed E-state index contributed by atoms with van der Waals surface area (Å²) in [4.78, 5) is 30.6. The third-order valence-corrected chi connectivity index (χ3v) is 5.90. The highest BCUT2D eigenvalue weighted by Crippen LogP contribution is 2.25. The minimum absolute atomic E-state index is 0.0245. The van der Waals surface area contributed by atoms with Crippen molar-refractivity contribution >= 4 is 28.4 Å². The van der Waals surface area contributed by atoms with Crippen LogP contribution in [0.2, 0.25) is 0 Å².